The molecule has 0 radical (unpaired) electrons. The number of halogens is 5. The number of piperazine rings is 1. The summed E-state index contributed by atoms with van der Waals surface area (Å²) in [4.78, 5) is 27.6. The highest BCUT2D eigenvalue weighted by atomic mass is 35.5. The van der Waals surface area contributed by atoms with E-state index in [1.165, 1.54) is 28.0 Å². The van der Waals surface area contributed by atoms with Crippen molar-refractivity contribution in [3.63, 3.8) is 0 Å². The van der Waals surface area contributed by atoms with Crippen molar-refractivity contribution < 1.29 is 27.2 Å². The van der Waals surface area contributed by atoms with Crippen LogP contribution in [0.5, 0.6) is 0 Å². The van der Waals surface area contributed by atoms with Gasteiger partial charge in [0, 0.05) is 13.1 Å². The van der Waals surface area contributed by atoms with Gasteiger partial charge in [0.25, 0.3) is 0 Å². The largest absolute Gasteiger partial charge is 0.401 e. The van der Waals surface area contributed by atoms with E-state index in [-0.39, 0.29) is 29.9 Å². The Kier molecular flexibility index (Phi) is 7.31. The third-order valence-corrected chi connectivity index (χ3v) is 6.14. The highest BCUT2D eigenvalue weighted by Crippen LogP contribution is 2.34. The topological polar surface area (TPSA) is 64.7 Å². The summed E-state index contributed by atoms with van der Waals surface area (Å²) >= 11 is 5.94. The van der Waals surface area contributed by atoms with Gasteiger partial charge in [-0.2, -0.15) is 13.2 Å². The molecule has 1 aromatic carbocycles. The molecule has 31 heavy (non-hydrogen) atoms. The van der Waals surface area contributed by atoms with Crippen LogP contribution in [0.15, 0.2) is 18.2 Å². The van der Waals surface area contributed by atoms with Gasteiger partial charge in [-0.05, 0) is 56.5 Å². The summed E-state index contributed by atoms with van der Waals surface area (Å²) in [6.07, 6.45) is -3.42. The number of amides is 3. The van der Waals surface area contributed by atoms with Crippen LogP contribution in [0.4, 0.5) is 22.4 Å². The molecule has 3 rings (SSSR count). The van der Waals surface area contributed by atoms with Crippen LogP contribution >= 0.6 is 11.6 Å². The molecule has 2 aliphatic rings. The molecule has 172 valence electrons. The first kappa shape index (κ1) is 23.6. The Bertz CT molecular complexity index is 815. The molecule has 2 heterocycles. The fourth-order valence-electron chi connectivity index (χ4n) is 4.15. The van der Waals surface area contributed by atoms with E-state index in [1.807, 2.05) is 0 Å². The minimum absolute atomic E-state index is 0.100. The quantitative estimate of drug-likeness (QED) is 0.672. The first-order valence-corrected chi connectivity index (χ1v) is 10.5. The standard InChI is InChI=1S/C20H25ClF4N4O2/c1-12-18(30)26-6-9-29(12)19(31)27-17(14-2-3-16(22)15(21)10-14)13-4-7-28(8-5-13)11-20(23,24)25/h2-3,10,12-13,17H,4-9,11H2,1H3,(H,26,30)(H,27,31)/t12-,17+/m1/s1. The van der Waals surface area contributed by atoms with Crippen molar-refractivity contribution in [2.24, 2.45) is 5.92 Å². The number of carbonyl (C=O) groups is 2. The number of hydrogen-bond donors (Lipinski definition) is 2. The van der Waals surface area contributed by atoms with E-state index in [9.17, 15) is 27.2 Å². The van der Waals surface area contributed by atoms with Crippen molar-refractivity contribution >= 4 is 23.5 Å². The smallest absolute Gasteiger partial charge is 0.353 e. The van der Waals surface area contributed by atoms with Crippen LogP contribution in [0.2, 0.25) is 5.02 Å². The highest BCUT2D eigenvalue weighted by Gasteiger charge is 2.36. The number of rotatable bonds is 4. The summed E-state index contributed by atoms with van der Waals surface area (Å²) in [5.74, 6) is -1.02. The Morgan fingerprint density at radius 1 is 1.29 bits per heavy atom. The maximum absolute atomic E-state index is 13.7. The van der Waals surface area contributed by atoms with Gasteiger partial charge in [0.2, 0.25) is 5.91 Å². The molecule has 2 fully saturated rings. The Hall–Kier alpha value is -2.07. The van der Waals surface area contributed by atoms with Gasteiger partial charge in [0.05, 0.1) is 17.6 Å². The van der Waals surface area contributed by atoms with Gasteiger partial charge < -0.3 is 15.5 Å². The maximum atomic E-state index is 13.7. The fourth-order valence-corrected chi connectivity index (χ4v) is 4.34. The molecule has 2 saturated heterocycles. The molecule has 0 unspecified atom stereocenters. The van der Waals surface area contributed by atoms with Crippen LogP contribution < -0.4 is 10.6 Å². The van der Waals surface area contributed by atoms with Gasteiger partial charge in [0.15, 0.2) is 0 Å². The predicted octanol–water partition coefficient (Wildman–Crippen LogP) is 3.32. The minimum Gasteiger partial charge on any atom is -0.353 e. The summed E-state index contributed by atoms with van der Waals surface area (Å²) in [5, 5.41) is 5.50. The zero-order valence-corrected chi connectivity index (χ0v) is 17.8. The average molecular weight is 465 g/mol. The van der Waals surface area contributed by atoms with Gasteiger partial charge in [-0.3, -0.25) is 9.69 Å². The van der Waals surface area contributed by atoms with Gasteiger partial charge in [-0.15, -0.1) is 0 Å². The van der Waals surface area contributed by atoms with Crippen molar-refractivity contribution in [2.75, 3.05) is 32.7 Å². The van der Waals surface area contributed by atoms with Crippen LogP contribution in [-0.4, -0.2) is 66.7 Å². The van der Waals surface area contributed by atoms with Crippen LogP contribution in [0.25, 0.3) is 0 Å². The number of likely N-dealkylation sites (tertiary alicyclic amines) is 1. The molecule has 2 N–H and O–H groups in total. The first-order chi connectivity index (χ1) is 14.5. The van der Waals surface area contributed by atoms with Crippen molar-refractivity contribution in [3.05, 3.63) is 34.6 Å². The molecule has 0 spiro atoms. The number of urea groups is 1. The van der Waals surface area contributed by atoms with Crippen molar-refractivity contribution in [3.8, 4) is 0 Å². The lowest BCUT2D eigenvalue weighted by Gasteiger charge is -2.39. The van der Waals surface area contributed by atoms with Gasteiger partial charge >= 0.3 is 12.2 Å². The second-order valence-electron chi connectivity index (χ2n) is 7.99. The molecule has 2 atom stereocenters. The first-order valence-electron chi connectivity index (χ1n) is 10.1. The van der Waals surface area contributed by atoms with Crippen molar-refractivity contribution in [1.29, 1.82) is 0 Å². The molecule has 0 aliphatic carbocycles. The molecule has 2 aliphatic heterocycles. The summed E-state index contributed by atoms with van der Waals surface area (Å²) in [7, 11) is 0. The van der Waals surface area contributed by atoms with Crippen LogP contribution in [0.3, 0.4) is 0 Å². The predicted molar refractivity (Wildman–Crippen MR) is 107 cm³/mol. The summed E-state index contributed by atoms with van der Waals surface area (Å²) in [6.45, 7) is 1.77. The Labute approximate surface area is 182 Å². The van der Waals surface area contributed by atoms with E-state index < -0.39 is 36.7 Å². The SMILES string of the molecule is C[C@@H]1C(=O)NCCN1C(=O)N[C@H](c1ccc(F)c(Cl)c1)C1CCN(CC(F)(F)F)CC1. The van der Waals surface area contributed by atoms with E-state index in [0.29, 0.717) is 31.5 Å². The molecule has 3 amide bonds. The molecular formula is C20H25ClF4N4O2. The zero-order chi connectivity index (χ0) is 22.8. The number of piperidine rings is 1. The van der Waals surface area contributed by atoms with E-state index >= 15 is 0 Å². The van der Waals surface area contributed by atoms with E-state index in [1.54, 1.807) is 6.92 Å². The average Bonchev–Trinajstić information content (AvgIpc) is 2.70. The lowest BCUT2D eigenvalue weighted by atomic mass is 9.85. The van der Waals surface area contributed by atoms with E-state index in [0.717, 1.165) is 0 Å². The lowest BCUT2D eigenvalue weighted by Crippen LogP contribution is -2.59. The monoisotopic (exact) mass is 464 g/mol. The van der Waals surface area contributed by atoms with Crippen LogP contribution in [-0.2, 0) is 4.79 Å². The Morgan fingerprint density at radius 3 is 2.58 bits per heavy atom. The normalized spacial score (nSPS) is 22.2. The van der Waals surface area contributed by atoms with Gasteiger partial charge in [-0.25, -0.2) is 9.18 Å². The fraction of sp³-hybridized carbons (Fsp3) is 0.600. The third kappa shape index (κ3) is 6.00. The van der Waals surface area contributed by atoms with Crippen molar-refractivity contribution in [2.45, 2.75) is 38.0 Å². The molecule has 0 aromatic heterocycles. The maximum Gasteiger partial charge on any atom is 0.401 e. The summed E-state index contributed by atoms with van der Waals surface area (Å²) in [6, 6.07) is 2.46. The van der Waals surface area contributed by atoms with Crippen LogP contribution in [0.1, 0.15) is 31.4 Å². The zero-order valence-electron chi connectivity index (χ0n) is 17.0. The van der Waals surface area contributed by atoms with E-state index in [2.05, 4.69) is 10.6 Å². The number of alkyl halides is 3. The number of carbonyl (C=O) groups excluding carboxylic acids is 2. The second-order valence-corrected chi connectivity index (χ2v) is 8.40. The Morgan fingerprint density at radius 2 is 1.97 bits per heavy atom. The Balaban J connectivity index is 1.77. The highest BCUT2D eigenvalue weighted by molar-refractivity contribution is 6.30. The molecular weight excluding hydrogens is 440 g/mol. The lowest BCUT2D eigenvalue weighted by molar-refractivity contribution is -0.148. The van der Waals surface area contributed by atoms with Gasteiger partial charge in [-0.1, -0.05) is 17.7 Å². The molecule has 0 bridgehead atoms. The minimum atomic E-state index is -4.27. The number of benzene rings is 1. The number of nitrogens with zero attached hydrogens (tertiary/aromatic N) is 2. The molecule has 0 saturated carbocycles. The van der Waals surface area contributed by atoms with Crippen LogP contribution in [0, 0.1) is 11.7 Å². The van der Waals surface area contributed by atoms with Crippen molar-refractivity contribution in [1.82, 2.24) is 20.4 Å². The third-order valence-electron chi connectivity index (χ3n) is 5.85. The summed E-state index contributed by atoms with van der Waals surface area (Å²) in [5.41, 5.74) is 0.572. The number of nitrogens with one attached hydrogen (secondary N) is 2. The second kappa shape index (κ2) is 9.60. The summed E-state index contributed by atoms with van der Waals surface area (Å²) < 4.78 is 51.8. The molecule has 6 nitrogen and oxygen atoms in total. The van der Waals surface area contributed by atoms with E-state index in [4.69, 9.17) is 11.6 Å². The molecule has 1 aromatic rings. The number of hydrogen-bond acceptors (Lipinski definition) is 3. The molecule has 11 heteroatoms. The van der Waals surface area contributed by atoms with Gasteiger partial charge in [0.1, 0.15) is 11.9 Å².